The van der Waals surface area contributed by atoms with Crippen LogP contribution in [-0.2, 0) is 5.54 Å². The van der Waals surface area contributed by atoms with Gasteiger partial charge in [-0.2, -0.15) is 0 Å². The van der Waals surface area contributed by atoms with Gasteiger partial charge < -0.3 is 5.32 Å². The fraction of sp³-hybridized carbons (Fsp3) is 0.500. The van der Waals surface area contributed by atoms with E-state index in [1.54, 1.807) is 0 Å². The van der Waals surface area contributed by atoms with Gasteiger partial charge in [0.15, 0.2) is 0 Å². The molecular formula is C12H17Cl2N. The first kappa shape index (κ1) is 12.8. The van der Waals surface area contributed by atoms with Crippen LogP contribution in [0.4, 0.5) is 0 Å². The summed E-state index contributed by atoms with van der Waals surface area (Å²) in [6, 6.07) is 8.23. The summed E-state index contributed by atoms with van der Waals surface area (Å²) in [6.45, 7) is 3.18. The molecule has 0 radical (unpaired) electrons. The summed E-state index contributed by atoms with van der Waals surface area (Å²) in [5.41, 5.74) is 1.57. The second kappa shape index (κ2) is 5.20. The first-order chi connectivity index (χ1) is 6.77. The molecule has 0 aliphatic heterocycles. The molecule has 84 valence electrons. The quantitative estimate of drug-likeness (QED) is 0.856. The molecule has 1 aromatic carbocycles. The smallest absolute Gasteiger partial charge is 0.0435 e. The van der Waals surface area contributed by atoms with E-state index in [4.69, 9.17) is 11.6 Å². The number of hydrogen-bond acceptors (Lipinski definition) is 1. The van der Waals surface area contributed by atoms with Crippen molar-refractivity contribution in [1.29, 1.82) is 0 Å². The lowest BCUT2D eigenvalue weighted by atomic mass is 9.72. The van der Waals surface area contributed by atoms with Gasteiger partial charge in [0.2, 0.25) is 0 Å². The van der Waals surface area contributed by atoms with E-state index >= 15 is 0 Å². The minimum Gasteiger partial charge on any atom is -0.308 e. The summed E-state index contributed by atoms with van der Waals surface area (Å²) >= 11 is 6.00. The molecule has 1 aromatic rings. The molecule has 3 heteroatoms. The molecule has 1 nitrogen and oxygen atoms in total. The van der Waals surface area contributed by atoms with Crippen LogP contribution in [0.5, 0.6) is 0 Å². The maximum absolute atomic E-state index is 6.00. The summed E-state index contributed by atoms with van der Waals surface area (Å²) in [5.74, 6) is 0. The van der Waals surface area contributed by atoms with Crippen LogP contribution in [0.3, 0.4) is 0 Å². The lowest BCUT2D eigenvalue weighted by Crippen LogP contribution is -2.47. The topological polar surface area (TPSA) is 12.0 Å². The Morgan fingerprint density at radius 3 is 2.60 bits per heavy atom. The molecular weight excluding hydrogens is 229 g/mol. The molecule has 1 fully saturated rings. The highest BCUT2D eigenvalue weighted by molar-refractivity contribution is 6.30. The molecule has 1 N–H and O–H groups in total. The normalized spacial score (nSPS) is 17.7. The van der Waals surface area contributed by atoms with E-state index < -0.39 is 0 Å². The fourth-order valence-electron chi connectivity index (χ4n) is 2.22. The highest BCUT2D eigenvalue weighted by Gasteiger charge is 2.37. The Hall–Kier alpha value is -0.240. The molecule has 1 aliphatic rings. The number of hydrogen-bond donors (Lipinski definition) is 1. The Morgan fingerprint density at radius 2 is 2.13 bits per heavy atom. The van der Waals surface area contributed by atoms with Gasteiger partial charge in [-0.25, -0.2) is 0 Å². The van der Waals surface area contributed by atoms with E-state index in [0.29, 0.717) is 0 Å². The van der Waals surface area contributed by atoms with Gasteiger partial charge in [0.05, 0.1) is 0 Å². The molecule has 0 spiro atoms. The fourth-order valence-corrected chi connectivity index (χ4v) is 2.41. The second-order valence-electron chi connectivity index (χ2n) is 3.98. The molecule has 2 rings (SSSR count). The van der Waals surface area contributed by atoms with E-state index in [0.717, 1.165) is 11.6 Å². The maximum Gasteiger partial charge on any atom is 0.0435 e. The van der Waals surface area contributed by atoms with Crippen molar-refractivity contribution in [2.45, 2.75) is 31.7 Å². The molecule has 0 saturated heterocycles. The predicted molar refractivity (Wildman–Crippen MR) is 67.9 cm³/mol. The van der Waals surface area contributed by atoms with Gasteiger partial charge in [0, 0.05) is 10.6 Å². The molecule has 0 unspecified atom stereocenters. The molecule has 1 saturated carbocycles. The second-order valence-corrected chi connectivity index (χ2v) is 4.41. The standard InChI is InChI=1S/C12H16ClN.ClH/c1-2-14-12(7-4-8-12)10-5-3-6-11(13)9-10;/h3,5-6,9,14H,2,4,7-8H2,1H3;1H. The third-order valence-corrected chi connectivity index (χ3v) is 3.33. The van der Waals surface area contributed by atoms with Crippen LogP contribution in [0.25, 0.3) is 0 Å². The van der Waals surface area contributed by atoms with Crippen LogP contribution in [0.15, 0.2) is 24.3 Å². The molecule has 0 atom stereocenters. The van der Waals surface area contributed by atoms with E-state index in [2.05, 4.69) is 24.4 Å². The Morgan fingerprint density at radius 1 is 1.40 bits per heavy atom. The minimum atomic E-state index is 0. The molecule has 15 heavy (non-hydrogen) atoms. The van der Waals surface area contributed by atoms with Gasteiger partial charge in [0.1, 0.15) is 0 Å². The maximum atomic E-state index is 6.00. The zero-order valence-electron chi connectivity index (χ0n) is 8.92. The van der Waals surface area contributed by atoms with Crippen LogP contribution in [0.1, 0.15) is 31.7 Å². The van der Waals surface area contributed by atoms with Crippen molar-refractivity contribution < 1.29 is 0 Å². The molecule has 0 aromatic heterocycles. The van der Waals surface area contributed by atoms with Crippen molar-refractivity contribution in [3.63, 3.8) is 0 Å². The zero-order valence-corrected chi connectivity index (χ0v) is 10.5. The average molecular weight is 246 g/mol. The van der Waals surface area contributed by atoms with Gasteiger partial charge in [-0.15, -0.1) is 12.4 Å². The van der Waals surface area contributed by atoms with Crippen molar-refractivity contribution in [3.8, 4) is 0 Å². The van der Waals surface area contributed by atoms with Crippen LogP contribution in [0.2, 0.25) is 5.02 Å². The van der Waals surface area contributed by atoms with Gasteiger partial charge in [-0.1, -0.05) is 30.7 Å². The van der Waals surface area contributed by atoms with Gasteiger partial charge >= 0.3 is 0 Å². The summed E-state index contributed by atoms with van der Waals surface area (Å²) in [6.07, 6.45) is 3.79. The Labute approximate surface area is 103 Å². The summed E-state index contributed by atoms with van der Waals surface area (Å²) in [5, 5.41) is 4.42. The molecule has 1 aliphatic carbocycles. The summed E-state index contributed by atoms with van der Waals surface area (Å²) in [7, 11) is 0. The van der Waals surface area contributed by atoms with E-state index in [1.807, 2.05) is 12.1 Å². The van der Waals surface area contributed by atoms with Crippen LogP contribution >= 0.6 is 24.0 Å². The largest absolute Gasteiger partial charge is 0.308 e. The van der Waals surface area contributed by atoms with Gasteiger partial charge in [-0.05, 0) is 43.5 Å². The van der Waals surface area contributed by atoms with Crippen LogP contribution in [-0.4, -0.2) is 6.54 Å². The monoisotopic (exact) mass is 245 g/mol. The van der Waals surface area contributed by atoms with Crippen LogP contribution in [0, 0.1) is 0 Å². The first-order valence-corrected chi connectivity index (χ1v) is 5.66. The first-order valence-electron chi connectivity index (χ1n) is 5.28. The summed E-state index contributed by atoms with van der Waals surface area (Å²) < 4.78 is 0. The van der Waals surface area contributed by atoms with Crippen LogP contribution < -0.4 is 5.32 Å². The summed E-state index contributed by atoms with van der Waals surface area (Å²) in [4.78, 5) is 0. The highest BCUT2D eigenvalue weighted by Crippen LogP contribution is 2.41. The van der Waals surface area contributed by atoms with Crippen molar-refractivity contribution >= 4 is 24.0 Å². The highest BCUT2D eigenvalue weighted by atomic mass is 35.5. The van der Waals surface area contributed by atoms with E-state index in [1.165, 1.54) is 24.8 Å². The number of rotatable bonds is 3. The molecule has 0 amide bonds. The van der Waals surface area contributed by atoms with E-state index in [-0.39, 0.29) is 17.9 Å². The Balaban J connectivity index is 0.00000112. The van der Waals surface area contributed by atoms with E-state index in [9.17, 15) is 0 Å². The lowest BCUT2D eigenvalue weighted by Gasteiger charge is -2.43. The third kappa shape index (κ3) is 2.47. The number of nitrogens with one attached hydrogen (secondary N) is 1. The van der Waals surface area contributed by atoms with Crippen molar-refractivity contribution in [3.05, 3.63) is 34.9 Å². The lowest BCUT2D eigenvalue weighted by molar-refractivity contribution is 0.190. The average Bonchev–Trinajstić information content (AvgIpc) is 2.11. The number of benzene rings is 1. The molecule has 0 heterocycles. The molecule has 0 bridgehead atoms. The minimum absolute atomic E-state index is 0. The SMILES string of the molecule is CCNC1(c2cccc(Cl)c2)CCC1.Cl. The zero-order chi connectivity index (χ0) is 10.0. The number of halogens is 2. The predicted octanol–water partition coefficient (Wildman–Crippen LogP) is 3.75. The Kier molecular flexibility index (Phi) is 4.45. The van der Waals surface area contributed by atoms with Crippen molar-refractivity contribution in [1.82, 2.24) is 5.32 Å². The third-order valence-electron chi connectivity index (χ3n) is 3.10. The van der Waals surface area contributed by atoms with Crippen molar-refractivity contribution in [2.75, 3.05) is 6.54 Å². The Bertz CT molecular complexity index is 321. The van der Waals surface area contributed by atoms with Gasteiger partial charge in [0.25, 0.3) is 0 Å². The van der Waals surface area contributed by atoms with Gasteiger partial charge in [-0.3, -0.25) is 0 Å². The van der Waals surface area contributed by atoms with Crippen molar-refractivity contribution in [2.24, 2.45) is 0 Å².